The first-order valence-corrected chi connectivity index (χ1v) is 24.9. The van der Waals surface area contributed by atoms with Crippen molar-refractivity contribution in [2.24, 2.45) is 0 Å². The van der Waals surface area contributed by atoms with Crippen molar-refractivity contribution >= 4 is 44.6 Å². The summed E-state index contributed by atoms with van der Waals surface area (Å²) in [7, 11) is 0. The van der Waals surface area contributed by atoms with Gasteiger partial charge in [0.25, 0.3) is 0 Å². The summed E-state index contributed by atoms with van der Waals surface area (Å²) in [5.74, 6) is 3.67. The number of rotatable bonds is 9. The van der Waals surface area contributed by atoms with E-state index in [1.807, 2.05) is 6.20 Å². The highest BCUT2D eigenvalue weighted by atomic mass is 16.5. The number of fused-ring (bicyclic) bond motifs is 4. The van der Waals surface area contributed by atoms with Crippen molar-refractivity contribution in [3.05, 3.63) is 167 Å². The van der Waals surface area contributed by atoms with Gasteiger partial charge in [-0.1, -0.05) is 152 Å². The molecule has 3 heterocycles. The molecule has 0 saturated carbocycles. The molecule has 0 spiro atoms. The SMILES string of the molecule is CC(C)c1cc(C(C)C)c(-c2ccnc(-n3c4ccccc4c4ccc(Oc5cc(N6CN(c7cccc(C(C)(C)C)c7)c7cc(C(C)(C)C)ccc76)cc(C(C)(C)C)c5)cc43)c2)c(C(C)C)c1. The fourth-order valence-corrected chi connectivity index (χ4v) is 9.92. The Balaban J connectivity index is 1.15. The quantitative estimate of drug-likeness (QED) is 0.145. The number of aromatic nitrogens is 2. The van der Waals surface area contributed by atoms with Gasteiger partial charge in [-0.3, -0.25) is 4.57 Å². The Morgan fingerprint density at radius 2 is 1.12 bits per heavy atom. The summed E-state index contributed by atoms with van der Waals surface area (Å²) in [4.78, 5) is 10.0. The van der Waals surface area contributed by atoms with E-state index in [0.717, 1.165) is 39.4 Å². The number of para-hydroxylation sites is 1. The molecular formula is C63H72N4O. The number of hydrogen-bond donors (Lipinski definition) is 0. The van der Waals surface area contributed by atoms with Gasteiger partial charge in [0.2, 0.25) is 0 Å². The first-order valence-electron chi connectivity index (χ1n) is 24.9. The fraction of sp³-hybridized carbons (Fsp3) is 0.349. The van der Waals surface area contributed by atoms with Crippen LogP contribution < -0.4 is 14.5 Å². The molecule has 0 radical (unpaired) electrons. The zero-order valence-corrected chi connectivity index (χ0v) is 43.3. The number of benzene rings is 6. The number of anilines is 4. The summed E-state index contributed by atoms with van der Waals surface area (Å²) in [6.07, 6.45) is 1.98. The van der Waals surface area contributed by atoms with E-state index in [0.29, 0.717) is 24.4 Å². The lowest BCUT2D eigenvalue weighted by atomic mass is 9.82. The van der Waals surface area contributed by atoms with Gasteiger partial charge < -0.3 is 14.5 Å². The third-order valence-corrected chi connectivity index (χ3v) is 14.1. The van der Waals surface area contributed by atoms with Crippen molar-refractivity contribution in [3.8, 4) is 28.4 Å². The van der Waals surface area contributed by atoms with Crippen LogP contribution in [0.3, 0.4) is 0 Å². The van der Waals surface area contributed by atoms with E-state index in [-0.39, 0.29) is 16.2 Å². The topological polar surface area (TPSA) is 33.5 Å². The molecule has 0 unspecified atom stereocenters. The van der Waals surface area contributed by atoms with Crippen LogP contribution in [0, 0.1) is 0 Å². The molecular weight excluding hydrogens is 829 g/mol. The molecule has 0 aliphatic carbocycles. The monoisotopic (exact) mass is 901 g/mol. The van der Waals surface area contributed by atoms with Crippen molar-refractivity contribution in [2.45, 2.75) is 138 Å². The molecule has 8 aromatic rings. The Kier molecular flexibility index (Phi) is 11.9. The van der Waals surface area contributed by atoms with Crippen LogP contribution in [0.15, 0.2) is 134 Å². The third-order valence-electron chi connectivity index (χ3n) is 14.1. The van der Waals surface area contributed by atoms with E-state index >= 15 is 0 Å². The summed E-state index contributed by atoms with van der Waals surface area (Å²) in [5, 5.41) is 2.35. The van der Waals surface area contributed by atoms with E-state index in [9.17, 15) is 0 Å². The van der Waals surface area contributed by atoms with E-state index < -0.39 is 0 Å². The Morgan fingerprint density at radius 3 is 1.78 bits per heavy atom. The lowest BCUT2D eigenvalue weighted by molar-refractivity contribution is 0.479. The van der Waals surface area contributed by atoms with Gasteiger partial charge in [0.05, 0.1) is 22.4 Å². The first-order chi connectivity index (χ1) is 32.1. The van der Waals surface area contributed by atoms with Crippen LogP contribution in [0.2, 0.25) is 0 Å². The second-order valence-electron chi connectivity index (χ2n) is 23.3. The number of pyridine rings is 1. The van der Waals surface area contributed by atoms with Gasteiger partial charge >= 0.3 is 0 Å². The lowest BCUT2D eigenvalue weighted by Gasteiger charge is -2.27. The predicted octanol–water partition coefficient (Wildman–Crippen LogP) is 18.1. The normalized spacial score (nSPS) is 13.5. The van der Waals surface area contributed by atoms with E-state index in [4.69, 9.17) is 9.72 Å². The number of hydrogen-bond acceptors (Lipinski definition) is 4. The lowest BCUT2D eigenvalue weighted by Crippen LogP contribution is -2.25. The van der Waals surface area contributed by atoms with Crippen LogP contribution in [-0.4, -0.2) is 16.2 Å². The highest BCUT2D eigenvalue weighted by Crippen LogP contribution is 2.49. The van der Waals surface area contributed by atoms with E-state index in [1.54, 1.807) is 0 Å². The second kappa shape index (κ2) is 17.3. The standard InChI is InChI=1S/C63H72N4O/c1-39(2)43-29-53(40(3)4)60(54(30-43)41(5)6)42-27-28-64-59(31-42)67-55-22-17-16-21-51(55)52-25-24-49(37-57(52)67)68-50-34-46(63(13,14)15)33-48(36-50)66-38-65(47-20-18-19-44(32-47)61(7,8)9)58-35-45(62(10,11)12)23-26-56(58)66/h16-37,39-41H,38H2,1-15H3. The molecule has 1 aliphatic rings. The van der Waals surface area contributed by atoms with Crippen molar-refractivity contribution in [1.82, 2.24) is 9.55 Å². The molecule has 0 fully saturated rings. The molecule has 0 saturated heterocycles. The fourth-order valence-electron chi connectivity index (χ4n) is 9.92. The smallest absolute Gasteiger partial charge is 0.138 e. The summed E-state index contributed by atoms with van der Waals surface area (Å²) >= 11 is 0. The molecule has 2 aromatic heterocycles. The summed E-state index contributed by atoms with van der Waals surface area (Å²) < 4.78 is 9.38. The van der Waals surface area contributed by atoms with Crippen LogP contribution in [-0.2, 0) is 16.2 Å². The minimum Gasteiger partial charge on any atom is -0.457 e. The van der Waals surface area contributed by atoms with Gasteiger partial charge in [-0.25, -0.2) is 4.98 Å². The molecule has 350 valence electrons. The molecule has 0 N–H and O–H groups in total. The molecule has 0 atom stereocenters. The van der Waals surface area contributed by atoms with E-state index in [1.165, 1.54) is 67.0 Å². The molecule has 5 nitrogen and oxygen atoms in total. The molecule has 5 heteroatoms. The average Bonchev–Trinajstić information content (AvgIpc) is 3.83. The van der Waals surface area contributed by atoms with Crippen LogP contribution in [0.25, 0.3) is 38.8 Å². The highest BCUT2D eigenvalue weighted by molar-refractivity contribution is 6.09. The van der Waals surface area contributed by atoms with Crippen LogP contribution >= 0.6 is 0 Å². The summed E-state index contributed by atoms with van der Waals surface area (Å²) in [6.45, 7) is 35.2. The number of ether oxygens (including phenoxy) is 1. The van der Waals surface area contributed by atoms with Gasteiger partial charge in [0, 0.05) is 40.5 Å². The molecule has 9 rings (SSSR count). The Labute approximate surface area is 406 Å². The zero-order chi connectivity index (χ0) is 48.6. The van der Waals surface area contributed by atoms with Crippen molar-refractivity contribution < 1.29 is 4.74 Å². The minimum absolute atomic E-state index is 0.00835. The minimum atomic E-state index is -0.124. The summed E-state index contributed by atoms with van der Waals surface area (Å²) in [5.41, 5.74) is 17.4. The van der Waals surface area contributed by atoms with Gasteiger partial charge in [-0.2, -0.15) is 0 Å². The van der Waals surface area contributed by atoms with Gasteiger partial charge in [0.1, 0.15) is 24.0 Å². The van der Waals surface area contributed by atoms with Crippen molar-refractivity contribution in [2.75, 3.05) is 16.5 Å². The molecule has 1 aliphatic heterocycles. The number of nitrogens with zero attached hydrogens (tertiary/aromatic N) is 4. The maximum Gasteiger partial charge on any atom is 0.138 e. The Bertz CT molecular complexity index is 3150. The molecule has 0 bridgehead atoms. The van der Waals surface area contributed by atoms with Gasteiger partial charge in [0.15, 0.2) is 0 Å². The third kappa shape index (κ3) is 8.81. The van der Waals surface area contributed by atoms with Crippen LogP contribution in [0.4, 0.5) is 22.7 Å². The first kappa shape index (κ1) is 46.8. The largest absolute Gasteiger partial charge is 0.457 e. The van der Waals surface area contributed by atoms with Gasteiger partial charge in [-0.15, -0.1) is 0 Å². The highest BCUT2D eigenvalue weighted by Gasteiger charge is 2.32. The molecule has 6 aromatic carbocycles. The van der Waals surface area contributed by atoms with Crippen molar-refractivity contribution in [1.29, 1.82) is 0 Å². The molecule has 68 heavy (non-hydrogen) atoms. The summed E-state index contributed by atoms with van der Waals surface area (Å²) in [6, 6.07) is 47.5. The predicted molar refractivity (Wildman–Crippen MR) is 291 cm³/mol. The van der Waals surface area contributed by atoms with E-state index in [2.05, 4.69) is 246 Å². The van der Waals surface area contributed by atoms with Crippen LogP contribution in [0.5, 0.6) is 11.5 Å². The maximum absolute atomic E-state index is 7.06. The average molecular weight is 901 g/mol. The second-order valence-corrected chi connectivity index (χ2v) is 23.3. The Morgan fingerprint density at radius 1 is 0.485 bits per heavy atom. The zero-order valence-electron chi connectivity index (χ0n) is 43.3. The van der Waals surface area contributed by atoms with Crippen LogP contribution in [0.1, 0.15) is 155 Å². The van der Waals surface area contributed by atoms with Gasteiger partial charge in [-0.05, 0) is 145 Å². The maximum atomic E-state index is 7.06. The van der Waals surface area contributed by atoms with Crippen molar-refractivity contribution in [3.63, 3.8) is 0 Å². The Hall–Kier alpha value is -6.33. The molecule has 0 amide bonds.